The van der Waals surface area contributed by atoms with Gasteiger partial charge in [-0.3, -0.25) is 9.59 Å². The summed E-state index contributed by atoms with van der Waals surface area (Å²) >= 11 is 0. The van der Waals surface area contributed by atoms with E-state index < -0.39 is 10.0 Å². The SMILES string of the molecule is COc1ccc(C(C)NC(=O)C2CCN(S(=O)(=O)c3ccc(C(C)=O)cc3)CC2)c(OC)c1. The molecule has 9 heteroatoms. The van der Waals surface area contributed by atoms with Gasteiger partial charge >= 0.3 is 0 Å². The van der Waals surface area contributed by atoms with Crippen LogP contribution >= 0.6 is 0 Å². The Hall–Kier alpha value is -2.91. The van der Waals surface area contributed by atoms with Gasteiger partial charge in [0, 0.05) is 36.2 Å². The van der Waals surface area contributed by atoms with E-state index in [1.54, 1.807) is 20.3 Å². The maximum Gasteiger partial charge on any atom is 0.243 e. The molecule has 0 bridgehead atoms. The Morgan fingerprint density at radius 3 is 2.21 bits per heavy atom. The monoisotopic (exact) mass is 474 g/mol. The lowest BCUT2D eigenvalue weighted by molar-refractivity contribution is -0.126. The molecule has 2 aromatic carbocycles. The number of hydrogen-bond acceptors (Lipinski definition) is 6. The molecular weight excluding hydrogens is 444 g/mol. The maximum absolute atomic E-state index is 12.9. The average molecular weight is 475 g/mol. The molecule has 0 aromatic heterocycles. The summed E-state index contributed by atoms with van der Waals surface area (Å²) in [5.74, 6) is 0.788. The highest BCUT2D eigenvalue weighted by atomic mass is 32.2. The molecule has 1 unspecified atom stereocenters. The number of carbonyl (C=O) groups is 2. The van der Waals surface area contributed by atoms with Crippen molar-refractivity contribution in [1.82, 2.24) is 9.62 Å². The Morgan fingerprint density at radius 2 is 1.67 bits per heavy atom. The fraction of sp³-hybridized carbons (Fsp3) is 0.417. The summed E-state index contributed by atoms with van der Waals surface area (Å²) < 4.78 is 37.9. The van der Waals surface area contributed by atoms with Gasteiger partial charge in [-0.2, -0.15) is 4.31 Å². The number of piperidine rings is 1. The normalized spacial score (nSPS) is 16.1. The minimum atomic E-state index is -3.67. The van der Waals surface area contributed by atoms with Gasteiger partial charge in [0.1, 0.15) is 11.5 Å². The first-order valence-corrected chi connectivity index (χ1v) is 12.2. The van der Waals surface area contributed by atoms with Crippen molar-refractivity contribution in [1.29, 1.82) is 0 Å². The van der Waals surface area contributed by atoms with Crippen molar-refractivity contribution in [2.75, 3.05) is 27.3 Å². The van der Waals surface area contributed by atoms with Gasteiger partial charge in [-0.1, -0.05) is 12.1 Å². The molecule has 1 saturated heterocycles. The second kappa shape index (κ2) is 10.4. The van der Waals surface area contributed by atoms with E-state index in [0.29, 0.717) is 29.9 Å². The molecule has 1 heterocycles. The topological polar surface area (TPSA) is 102 Å². The number of ether oxygens (including phenoxy) is 2. The Kier molecular flexibility index (Phi) is 7.76. The van der Waals surface area contributed by atoms with Gasteiger partial charge in [-0.05, 0) is 51.0 Å². The number of methoxy groups -OCH3 is 2. The highest BCUT2D eigenvalue weighted by Crippen LogP contribution is 2.30. The van der Waals surface area contributed by atoms with Crippen LogP contribution in [-0.4, -0.2) is 51.7 Å². The Balaban J connectivity index is 1.61. The average Bonchev–Trinajstić information content (AvgIpc) is 2.83. The third-order valence-electron chi connectivity index (χ3n) is 5.99. The molecule has 1 fully saturated rings. The third kappa shape index (κ3) is 5.54. The maximum atomic E-state index is 12.9. The van der Waals surface area contributed by atoms with Gasteiger partial charge in [-0.15, -0.1) is 0 Å². The van der Waals surface area contributed by atoms with E-state index >= 15 is 0 Å². The second-order valence-electron chi connectivity index (χ2n) is 8.10. The summed E-state index contributed by atoms with van der Waals surface area (Å²) in [5.41, 5.74) is 1.30. The van der Waals surface area contributed by atoms with E-state index in [9.17, 15) is 18.0 Å². The number of Topliss-reactive ketones (excluding diaryl/α,β-unsaturated/α-hetero) is 1. The molecule has 1 amide bonds. The van der Waals surface area contributed by atoms with Crippen LogP contribution in [0.1, 0.15) is 48.7 Å². The largest absolute Gasteiger partial charge is 0.497 e. The smallest absolute Gasteiger partial charge is 0.243 e. The Morgan fingerprint density at radius 1 is 1.03 bits per heavy atom. The van der Waals surface area contributed by atoms with Gasteiger partial charge in [0.05, 0.1) is 25.2 Å². The van der Waals surface area contributed by atoms with Gasteiger partial charge in [-0.25, -0.2) is 8.42 Å². The van der Waals surface area contributed by atoms with Crippen molar-refractivity contribution in [3.05, 3.63) is 53.6 Å². The number of nitrogens with zero attached hydrogens (tertiary/aromatic N) is 1. The number of hydrogen-bond donors (Lipinski definition) is 1. The number of nitrogens with one attached hydrogen (secondary N) is 1. The standard InChI is InChI=1S/C24H30N2O6S/c1-16(22-10-7-20(31-3)15-23(22)32-4)25-24(28)19-11-13-26(14-12-19)33(29,30)21-8-5-18(6-9-21)17(2)27/h5-10,15-16,19H,11-14H2,1-4H3,(H,25,28). The fourth-order valence-corrected chi connectivity index (χ4v) is 5.42. The van der Waals surface area contributed by atoms with Crippen molar-refractivity contribution >= 4 is 21.7 Å². The summed E-state index contributed by atoms with van der Waals surface area (Å²) in [6.45, 7) is 3.83. The van der Waals surface area contributed by atoms with E-state index in [1.807, 2.05) is 19.1 Å². The van der Waals surface area contributed by atoms with E-state index in [2.05, 4.69) is 5.32 Å². The van der Waals surface area contributed by atoms with E-state index in [1.165, 1.54) is 35.5 Å². The number of rotatable bonds is 8. The van der Waals surface area contributed by atoms with E-state index in [0.717, 1.165) is 5.56 Å². The molecule has 1 aliphatic heterocycles. The van der Waals surface area contributed by atoms with Gasteiger partial charge in [0.2, 0.25) is 15.9 Å². The van der Waals surface area contributed by atoms with Crippen LogP contribution < -0.4 is 14.8 Å². The molecule has 0 aliphatic carbocycles. The summed E-state index contributed by atoms with van der Waals surface area (Å²) in [6, 6.07) is 11.1. The molecule has 2 aromatic rings. The lowest BCUT2D eigenvalue weighted by Gasteiger charge is -2.31. The summed E-state index contributed by atoms with van der Waals surface area (Å²) in [7, 11) is -0.531. The first kappa shape index (κ1) is 24.7. The van der Waals surface area contributed by atoms with Crippen LogP contribution in [0.25, 0.3) is 0 Å². The molecular formula is C24H30N2O6S. The van der Waals surface area contributed by atoms with Gasteiger partial charge in [0.15, 0.2) is 5.78 Å². The molecule has 0 radical (unpaired) electrons. The van der Waals surface area contributed by atoms with Gasteiger partial charge in [0.25, 0.3) is 0 Å². The lowest BCUT2D eigenvalue weighted by Crippen LogP contribution is -2.43. The first-order chi connectivity index (χ1) is 15.7. The zero-order valence-electron chi connectivity index (χ0n) is 19.3. The van der Waals surface area contributed by atoms with Crippen LogP contribution in [0.2, 0.25) is 0 Å². The zero-order valence-corrected chi connectivity index (χ0v) is 20.1. The molecule has 1 aliphatic rings. The predicted molar refractivity (Wildman–Crippen MR) is 124 cm³/mol. The summed E-state index contributed by atoms with van der Waals surface area (Å²) in [4.78, 5) is 24.4. The number of benzene rings is 2. The van der Waals surface area contributed by atoms with Crippen LogP contribution in [0, 0.1) is 5.92 Å². The minimum Gasteiger partial charge on any atom is -0.497 e. The Labute approximate surface area is 194 Å². The predicted octanol–water partition coefficient (Wildman–Crippen LogP) is 3.18. The summed E-state index contributed by atoms with van der Waals surface area (Å²) in [6.07, 6.45) is 0.867. The van der Waals surface area contributed by atoms with Crippen molar-refractivity contribution in [2.45, 2.75) is 37.6 Å². The molecule has 0 saturated carbocycles. The van der Waals surface area contributed by atoms with Crippen molar-refractivity contribution in [2.24, 2.45) is 5.92 Å². The van der Waals surface area contributed by atoms with Crippen LogP contribution in [0.5, 0.6) is 11.5 Å². The molecule has 3 rings (SSSR count). The van der Waals surface area contributed by atoms with E-state index in [-0.39, 0.29) is 41.6 Å². The zero-order chi connectivity index (χ0) is 24.2. The molecule has 1 N–H and O–H groups in total. The van der Waals surface area contributed by atoms with Crippen molar-refractivity contribution < 1.29 is 27.5 Å². The lowest BCUT2D eigenvalue weighted by atomic mass is 9.96. The quantitative estimate of drug-likeness (QED) is 0.590. The number of ketones is 1. The number of carbonyl (C=O) groups excluding carboxylic acids is 2. The molecule has 8 nitrogen and oxygen atoms in total. The highest BCUT2D eigenvalue weighted by molar-refractivity contribution is 7.89. The van der Waals surface area contributed by atoms with E-state index in [4.69, 9.17) is 9.47 Å². The number of amides is 1. The van der Waals surface area contributed by atoms with Gasteiger partial charge < -0.3 is 14.8 Å². The van der Waals surface area contributed by atoms with Crippen LogP contribution in [0.15, 0.2) is 47.4 Å². The third-order valence-corrected chi connectivity index (χ3v) is 7.90. The van der Waals surface area contributed by atoms with Crippen molar-refractivity contribution in [3.8, 4) is 11.5 Å². The minimum absolute atomic E-state index is 0.108. The molecule has 33 heavy (non-hydrogen) atoms. The number of sulfonamides is 1. The fourth-order valence-electron chi connectivity index (χ4n) is 3.95. The first-order valence-electron chi connectivity index (χ1n) is 10.8. The van der Waals surface area contributed by atoms with Crippen LogP contribution in [-0.2, 0) is 14.8 Å². The Bertz CT molecular complexity index is 1110. The molecule has 178 valence electrons. The molecule has 1 atom stereocenters. The molecule has 0 spiro atoms. The second-order valence-corrected chi connectivity index (χ2v) is 10.0. The van der Waals surface area contributed by atoms with Crippen LogP contribution in [0.4, 0.5) is 0 Å². The van der Waals surface area contributed by atoms with Crippen molar-refractivity contribution in [3.63, 3.8) is 0 Å². The summed E-state index contributed by atoms with van der Waals surface area (Å²) in [5, 5.41) is 3.02. The van der Waals surface area contributed by atoms with Crippen LogP contribution in [0.3, 0.4) is 0 Å². The highest BCUT2D eigenvalue weighted by Gasteiger charge is 2.32.